The predicted octanol–water partition coefficient (Wildman–Crippen LogP) is 2.41. The molecule has 0 aliphatic carbocycles. The molecule has 0 aliphatic rings. The number of nitrogens with two attached hydrogens (primary N) is 1. The molecule has 0 spiro atoms. The fourth-order valence-corrected chi connectivity index (χ4v) is 1.75. The molecule has 2 rings (SSSR count). The number of nitrogen functional groups attached to an aromatic ring is 1. The largest absolute Gasteiger partial charge is 0.399 e. The van der Waals surface area contributed by atoms with E-state index in [0.717, 1.165) is 11.3 Å². The predicted molar refractivity (Wildman–Crippen MR) is 70.7 cm³/mol. The van der Waals surface area contributed by atoms with Gasteiger partial charge in [-0.25, -0.2) is 0 Å². The van der Waals surface area contributed by atoms with Gasteiger partial charge in [-0.05, 0) is 23.8 Å². The first kappa shape index (κ1) is 11.5. The van der Waals surface area contributed by atoms with Gasteiger partial charge in [0.1, 0.15) is 0 Å². The molecule has 1 unspecified atom stereocenters. The molecule has 4 N–H and O–H groups in total. The molecule has 0 amide bonds. The van der Waals surface area contributed by atoms with E-state index in [-0.39, 0.29) is 12.6 Å². The van der Waals surface area contributed by atoms with Gasteiger partial charge in [-0.1, -0.05) is 36.4 Å². The van der Waals surface area contributed by atoms with E-state index >= 15 is 0 Å². The Labute approximate surface area is 101 Å². The van der Waals surface area contributed by atoms with E-state index in [1.54, 1.807) is 0 Å². The van der Waals surface area contributed by atoms with Gasteiger partial charge in [0.2, 0.25) is 0 Å². The van der Waals surface area contributed by atoms with E-state index in [4.69, 9.17) is 5.73 Å². The van der Waals surface area contributed by atoms with Crippen molar-refractivity contribution in [2.75, 3.05) is 17.7 Å². The fourth-order valence-electron chi connectivity index (χ4n) is 1.75. The lowest BCUT2D eigenvalue weighted by molar-refractivity contribution is 0.276. The second-order valence-electron chi connectivity index (χ2n) is 3.92. The Morgan fingerprint density at radius 1 is 1.06 bits per heavy atom. The summed E-state index contributed by atoms with van der Waals surface area (Å²) in [6, 6.07) is 17.2. The Morgan fingerprint density at radius 3 is 2.47 bits per heavy atom. The van der Waals surface area contributed by atoms with Gasteiger partial charge in [-0.2, -0.15) is 0 Å². The third-order valence-electron chi connectivity index (χ3n) is 2.61. The van der Waals surface area contributed by atoms with E-state index in [1.807, 2.05) is 54.6 Å². The first-order valence-electron chi connectivity index (χ1n) is 5.57. The summed E-state index contributed by atoms with van der Waals surface area (Å²) in [5, 5.41) is 12.7. The van der Waals surface area contributed by atoms with Gasteiger partial charge >= 0.3 is 0 Å². The van der Waals surface area contributed by atoms with Crippen LogP contribution in [0.1, 0.15) is 11.6 Å². The van der Waals surface area contributed by atoms with Crippen LogP contribution < -0.4 is 11.1 Å². The molecule has 0 fully saturated rings. The zero-order chi connectivity index (χ0) is 12.1. The number of anilines is 2. The van der Waals surface area contributed by atoms with Crippen LogP contribution >= 0.6 is 0 Å². The highest BCUT2D eigenvalue weighted by Crippen LogP contribution is 2.20. The van der Waals surface area contributed by atoms with Crippen molar-refractivity contribution in [3.8, 4) is 0 Å². The first-order chi connectivity index (χ1) is 8.29. The number of aliphatic hydroxyl groups excluding tert-OH is 1. The summed E-state index contributed by atoms with van der Waals surface area (Å²) in [6.45, 7) is 0.0405. The number of benzene rings is 2. The lowest BCUT2D eigenvalue weighted by atomic mass is 10.1. The summed E-state index contributed by atoms with van der Waals surface area (Å²) in [5.74, 6) is 0. The van der Waals surface area contributed by atoms with Crippen LogP contribution in [0.4, 0.5) is 11.4 Å². The average molecular weight is 228 g/mol. The van der Waals surface area contributed by atoms with E-state index in [0.29, 0.717) is 5.69 Å². The Morgan fingerprint density at radius 2 is 1.82 bits per heavy atom. The highest BCUT2D eigenvalue weighted by Gasteiger charge is 2.09. The average Bonchev–Trinajstić information content (AvgIpc) is 2.37. The van der Waals surface area contributed by atoms with Gasteiger partial charge < -0.3 is 16.2 Å². The first-order valence-corrected chi connectivity index (χ1v) is 5.57. The molecule has 0 bridgehead atoms. The molecular weight excluding hydrogens is 212 g/mol. The van der Waals surface area contributed by atoms with E-state index in [9.17, 15) is 5.11 Å². The Kier molecular flexibility index (Phi) is 3.62. The molecular formula is C14H16N2O. The minimum absolute atomic E-state index is 0.0405. The second kappa shape index (κ2) is 5.37. The van der Waals surface area contributed by atoms with E-state index < -0.39 is 0 Å². The molecule has 88 valence electrons. The summed E-state index contributed by atoms with van der Waals surface area (Å²) in [7, 11) is 0. The monoisotopic (exact) mass is 228 g/mol. The number of nitrogens with one attached hydrogen (secondary N) is 1. The van der Waals surface area contributed by atoms with Crippen molar-refractivity contribution < 1.29 is 5.11 Å². The van der Waals surface area contributed by atoms with Crippen molar-refractivity contribution in [2.45, 2.75) is 6.04 Å². The number of hydrogen-bond acceptors (Lipinski definition) is 3. The van der Waals surface area contributed by atoms with Crippen molar-refractivity contribution in [2.24, 2.45) is 0 Å². The molecule has 0 radical (unpaired) electrons. The molecule has 2 aromatic rings. The third-order valence-corrected chi connectivity index (χ3v) is 2.61. The van der Waals surface area contributed by atoms with Crippen molar-refractivity contribution >= 4 is 11.4 Å². The smallest absolute Gasteiger partial charge is 0.0745 e. The Bertz CT molecular complexity index is 471. The van der Waals surface area contributed by atoms with Gasteiger partial charge in [0.05, 0.1) is 12.6 Å². The van der Waals surface area contributed by atoms with Crippen LogP contribution in [0.25, 0.3) is 0 Å². The third kappa shape index (κ3) is 2.98. The van der Waals surface area contributed by atoms with Crippen LogP contribution in [0, 0.1) is 0 Å². The van der Waals surface area contributed by atoms with Crippen LogP contribution in [0.5, 0.6) is 0 Å². The standard InChI is InChI=1S/C14H16N2O/c15-12-7-4-8-13(9-12)16-14(10-17)11-5-2-1-3-6-11/h1-9,14,16-17H,10,15H2. The fraction of sp³-hybridized carbons (Fsp3) is 0.143. The maximum absolute atomic E-state index is 9.42. The van der Waals surface area contributed by atoms with Crippen molar-refractivity contribution in [3.63, 3.8) is 0 Å². The topological polar surface area (TPSA) is 58.3 Å². The van der Waals surface area contributed by atoms with Crippen molar-refractivity contribution in [1.29, 1.82) is 0 Å². The minimum atomic E-state index is -0.113. The van der Waals surface area contributed by atoms with Gasteiger partial charge in [0, 0.05) is 11.4 Å². The molecule has 0 heterocycles. The quantitative estimate of drug-likeness (QED) is 0.704. The summed E-state index contributed by atoms with van der Waals surface area (Å²) in [4.78, 5) is 0. The van der Waals surface area contributed by atoms with Gasteiger partial charge in [-0.3, -0.25) is 0 Å². The molecule has 1 atom stereocenters. The molecule has 3 nitrogen and oxygen atoms in total. The van der Waals surface area contributed by atoms with Crippen LogP contribution in [-0.2, 0) is 0 Å². The van der Waals surface area contributed by atoms with Crippen LogP contribution in [0.2, 0.25) is 0 Å². The molecule has 3 heteroatoms. The van der Waals surface area contributed by atoms with Crippen LogP contribution in [0.15, 0.2) is 54.6 Å². The van der Waals surface area contributed by atoms with Crippen LogP contribution in [-0.4, -0.2) is 11.7 Å². The normalized spacial score (nSPS) is 12.1. The summed E-state index contributed by atoms with van der Waals surface area (Å²) in [5.41, 5.74) is 8.38. The van der Waals surface area contributed by atoms with E-state index in [1.165, 1.54) is 0 Å². The molecule has 0 aliphatic heterocycles. The van der Waals surface area contributed by atoms with Crippen LogP contribution in [0.3, 0.4) is 0 Å². The SMILES string of the molecule is Nc1cccc(NC(CO)c2ccccc2)c1. The summed E-state index contributed by atoms with van der Waals surface area (Å²) in [6.07, 6.45) is 0. The highest BCUT2D eigenvalue weighted by molar-refractivity contribution is 5.55. The lowest BCUT2D eigenvalue weighted by Gasteiger charge is -2.18. The molecule has 17 heavy (non-hydrogen) atoms. The van der Waals surface area contributed by atoms with Crippen molar-refractivity contribution in [3.05, 3.63) is 60.2 Å². The zero-order valence-corrected chi connectivity index (χ0v) is 9.51. The maximum Gasteiger partial charge on any atom is 0.0745 e. The Balaban J connectivity index is 2.16. The van der Waals surface area contributed by atoms with Gasteiger partial charge in [-0.15, -0.1) is 0 Å². The number of aliphatic hydroxyl groups is 1. The summed E-state index contributed by atoms with van der Waals surface area (Å²) < 4.78 is 0. The van der Waals surface area contributed by atoms with E-state index in [2.05, 4.69) is 5.32 Å². The zero-order valence-electron chi connectivity index (χ0n) is 9.51. The highest BCUT2D eigenvalue weighted by atomic mass is 16.3. The molecule has 0 saturated carbocycles. The number of rotatable bonds is 4. The summed E-state index contributed by atoms with van der Waals surface area (Å²) >= 11 is 0. The molecule has 2 aromatic carbocycles. The second-order valence-corrected chi connectivity index (χ2v) is 3.92. The molecule has 0 saturated heterocycles. The van der Waals surface area contributed by atoms with Gasteiger partial charge in [0.15, 0.2) is 0 Å². The maximum atomic E-state index is 9.42. The minimum Gasteiger partial charge on any atom is -0.399 e. The van der Waals surface area contributed by atoms with Crippen molar-refractivity contribution in [1.82, 2.24) is 0 Å². The van der Waals surface area contributed by atoms with Gasteiger partial charge in [0.25, 0.3) is 0 Å². The molecule has 0 aromatic heterocycles. The lowest BCUT2D eigenvalue weighted by Crippen LogP contribution is -2.14. The Hall–Kier alpha value is -2.00. The number of hydrogen-bond donors (Lipinski definition) is 3.